The van der Waals surface area contributed by atoms with Crippen LogP contribution in [0.25, 0.3) is 0 Å². The van der Waals surface area contributed by atoms with E-state index in [-0.39, 0.29) is 0 Å². The molecule has 12 heavy (non-hydrogen) atoms. The third kappa shape index (κ3) is 1.97. The molecule has 1 heterocycles. The molecule has 0 saturated carbocycles. The van der Waals surface area contributed by atoms with Gasteiger partial charge in [-0.2, -0.15) is 0 Å². The maximum absolute atomic E-state index is 9.40. The number of rotatable bonds is 3. The molecule has 0 spiro atoms. The van der Waals surface area contributed by atoms with E-state index in [0.717, 1.165) is 30.7 Å². The van der Waals surface area contributed by atoms with Crippen LogP contribution in [0.15, 0.2) is 12.1 Å². The normalized spacial score (nSPS) is 10.2. The van der Waals surface area contributed by atoms with Crippen molar-refractivity contribution in [2.45, 2.75) is 33.1 Å². The average molecular weight is 165 g/mol. The molecule has 1 N–H and O–H groups in total. The predicted octanol–water partition coefficient (Wildman–Crippen LogP) is 2.30. The highest BCUT2D eigenvalue weighted by atomic mass is 16.3. The highest BCUT2D eigenvalue weighted by Crippen LogP contribution is 2.16. The summed E-state index contributed by atoms with van der Waals surface area (Å²) >= 11 is 0. The van der Waals surface area contributed by atoms with Gasteiger partial charge in [0.15, 0.2) is 0 Å². The van der Waals surface area contributed by atoms with Crippen molar-refractivity contribution >= 4 is 0 Å². The fraction of sp³-hybridized carbons (Fsp3) is 0.500. The lowest BCUT2D eigenvalue weighted by molar-refractivity contribution is 0.462. The number of aromatic hydroxyl groups is 1. The number of hydrogen-bond donors (Lipinski definition) is 1. The van der Waals surface area contributed by atoms with Crippen molar-refractivity contribution in [2.75, 3.05) is 0 Å². The SMILES string of the molecule is CCCc1nc(CC)ccc1O. The maximum Gasteiger partial charge on any atom is 0.137 e. The third-order valence-corrected chi connectivity index (χ3v) is 1.86. The van der Waals surface area contributed by atoms with E-state index in [2.05, 4.69) is 18.8 Å². The van der Waals surface area contributed by atoms with Gasteiger partial charge in [-0.05, 0) is 25.0 Å². The first-order valence-electron chi connectivity index (χ1n) is 4.45. The summed E-state index contributed by atoms with van der Waals surface area (Å²) in [6, 6.07) is 3.60. The lowest BCUT2D eigenvalue weighted by atomic mass is 10.2. The number of hydrogen-bond acceptors (Lipinski definition) is 2. The second-order valence-electron chi connectivity index (χ2n) is 2.87. The van der Waals surface area contributed by atoms with Crippen LogP contribution >= 0.6 is 0 Å². The van der Waals surface area contributed by atoms with Gasteiger partial charge < -0.3 is 5.11 Å². The Balaban J connectivity index is 2.91. The molecule has 0 aromatic carbocycles. The van der Waals surface area contributed by atoms with E-state index in [0.29, 0.717) is 5.75 Å². The van der Waals surface area contributed by atoms with Gasteiger partial charge >= 0.3 is 0 Å². The molecule has 0 unspecified atom stereocenters. The topological polar surface area (TPSA) is 33.1 Å². The Kier molecular flexibility index (Phi) is 3.09. The number of aryl methyl sites for hydroxylation is 2. The zero-order valence-electron chi connectivity index (χ0n) is 7.67. The molecule has 0 fully saturated rings. The Morgan fingerprint density at radius 3 is 2.67 bits per heavy atom. The number of nitrogens with zero attached hydrogens (tertiary/aromatic N) is 1. The Hall–Kier alpha value is -1.05. The van der Waals surface area contributed by atoms with Crippen LogP contribution in [0.2, 0.25) is 0 Å². The van der Waals surface area contributed by atoms with E-state index in [1.165, 1.54) is 0 Å². The summed E-state index contributed by atoms with van der Waals surface area (Å²) in [5, 5.41) is 9.40. The van der Waals surface area contributed by atoms with Crippen LogP contribution in [0.5, 0.6) is 5.75 Å². The molecule has 0 bridgehead atoms. The largest absolute Gasteiger partial charge is 0.506 e. The molecule has 0 aliphatic carbocycles. The quantitative estimate of drug-likeness (QED) is 0.745. The van der Waals surface area contributed by atoms with Crippen molar-refractivity contribution in [3.05, 3.63) is 23.5 Å². The van der Waals surface area contributed by atoms with Crippen molar-refractivity contribution in [3.63, 3.8) is 0 Å². The van der Waals surface area contributed by atoms with Crippen LogP contribution in [0.4, 0.5) is 0 Å². The van der Waals surface area contributed by atoms with E-state index in [9.17, 15) is 5.11 Å². The molecular formula is C10H15NO. The van der Waals surface area contributed by atoms with Gasteiger partial charge in [-0.3, -0.25) is 4.98 Å². The van der Waals surface area contributed by atoms with Crippen LogP contribution in [0.1, 0.15) is 31.7 Å². The van der Waals surface area contributed by atoms with E-state index < -0.39 is 0 Å². The second kappa shape index (κ2) is 4.10. The van der Waals surface area contributed by atoms with E-state index in [1.807, 2.05) is 6.07 Å². The number of pyridine rings is 1. The molecule has 0 amide bonds. The second-order valence-corrected chi connectivity index (χ2v) is 2.87. The first-order chi connectivity index (χ1) is 5.77. The Morgan fingerprint density at radius 2 is 2.08 bits per heavy atom. The van der Waals surface area contributed by atoms with Gasteiger partial charge in [-0.25, -0.2) is 0 Å². The van der Waals surface area contributed by atoms with Crippen LogP contribution in [0.3, 0.4) is 0 Å². The minimum absolute atomic E-state index is 0.328. The maximum atomic E-state index is 9.40. The zero-order valence-corrected chi connectivity index (χ0v) is 7.67. The summed E-state index contributed by atoms with van der Waals surface area (Å²) in [4.78, 5) is 4.33. The average Bonchev–Trinajstić information content (AvgIpc) is 2.09. The van der Waals surface area contributed by atoms with Gasteiger partial charge in [0, 0.05) is 5.69 Å². The van der Waals surface area contributed by atoms with E-state index in [1.54, 1.807) is 6.07 Å². The fourth-order valence-electron chi connectivity index (χ4n) is 1.16. The Morgan fingerprint density at radius 1 is 1.33 bits per heavy atom. The van der Waals surface area contributed by atoms with Crippen molar-refractivity contribution in [1.82, 2.24) is 4.98 Å². The van der Waals surface area contributed by atoms with Gasteiger partial charge in [0.25, 0.3) is 0 Å². The molecular weight excluding hydrogens is 150 g/mol. The monoisotopic (exact) mass is 165 g/mol. The highest BCUT2D eigenvalue weighted by Gasteiger charge is 2.01. The van der Waals surface area contributed by atoms with Crippen molar-refractivity contribution < 1.29 is 5.11 Å². The molecule has 0 aliphatic rings. The first-order valence-corrected chi connectivity index (χ1v) is 4.45. The molecule has 0 atom stereocenters. The summed E-state index contributed by atoms with van der Waals surface area (Å²) in [5.74, 6) is 0.328. The summed E-state index contributed by atoms with van der Waals surface area (Å²) in [7, 11) is 0. The van der Waals surface area contributed by atoms with E-state index >= 15 is 0 Å². The van der Waals surface area contributed by atoms with Crippen molar-refractivity contribution in [3.8, 4) is 5.75 Å². The summed E-state index contributed by atoms with van der Waals surface area (Å²) in [6.45, 7) is 4.15. The van der Waals surface area contributed by atoms with Crippen LogP contribution in [-0.2, 0) is 12.8 Å². The van der Waals surface area contributed by atoms with Crippen molar-refractivity contribution in [1.29, 1.82) is 0 Å². The predicted molar refractivity (Wildman–Crippen MR) is 49.3 cm³/mol. The summed E-state index contributed by atoms with van der Waals surface area (Å²) in [6.07, 6.45) is 2.81. The lowest BCUT2D eigenvalue weighted by Gasteiger charge is -2.03. The van der Waals surface area contributed by atoms with Crippen molar-refractivity contribution in [2.24, 2.45) is 0 Å². The molecule has 1 aromatic heterocycles. The molecule has 0 saturated heterocycles. The molecule has 1 aromatic rings. The standard InChI is InChI=1S/C10H15NO/c1-3-5-9-10(12)7-6-8(4-2)11-9/h6-7,12H,3-5H2,1-2H3. The Labute approximate surface area is 73.3 Å². The summed E-state index contributed by atoms with van der Waals surface area (Å²) in [5.41, 5.74) is 1.88. The van der Waals surface area contributed by atoms with Gasteiger partial charge in [-0.15, -0.1) is 0 Å². The molecule has 0 radical (unpaired) electrons. The first kappa shape index (κ1) is 9.04. The number of aromatic nitrogens is 1. The molecule has 0 aliphatic heterocycles. The van der Waals surface area contributed by atoms with Gasteiger partial charge in [-0.1, -0.05) is 20.3 Å². The van der Waals surface area contributed by atoms with Gasteiger partial charge in [0.2, 0.25) is 0 Å². The van der Waals surface area contributed by atoms with E-state index in [4.69, 9.17) is 0 Å². The highest BCUT2D eigenvalue weighted by molar-refractivity contribution is 5.27. The summed E-state index contributed by atoms with van der Waals surface area (Å²) < 4.78 is 0. The Bertz CT molecular complexity index is 258. The van der Waals surface area contributed by atoms with Gasteiger partial charge in [0.05, 0.1) is 5.69 Å². The van der Waals surface area contributed by atoms with Crippen LogP contribution in [0, 0.1) is 0 Å². The smallest absolute Gasteiger partial charge is 0.137 e. The minimum Gasteiger partial charge on any atom is -0.506 e. The van der Waals surface area contributed by atoms with Crippen LogP contribution < -0.4 is 0 Å². The molecule has 1 rings (SSSR count). The molecule has 2 nitrogen and oxygen atoms in total. The fourth-order valence-corrected chi connectivity index (χ4v) is 1.16. The van der Waals surface area contributed by atoms with Gasteiger partial charge in [0.1, 0.15) is 5.75 Å². The molecule has 66 valence electrons. The van der Waals surface area contributed by atoms with Crippen LogP contribution in [-0.4, -0.2) is 10.1 Å². The zero-order chi connectivity index (χ0) is 8.97. The molecule has 2 heteroatoms. The minimum atomic E-state index is 0.328. The lowest BCUT2D eigenvalue weighted by Crippen LogP contribution is -1.94. The third-order valence-electron chi connectivity index (χ3n) is 1.86.